The molecule has 1 aromatic carbocycles. The summed E-state index contributed by atoms with van der Waals surface area (Å²) >= 11 is 0. The van der Waals surface area contributed by atoms with Crippen molar-refractivity contribution in [2.24, 2.45) is 0 Å². The van der Waals surface area contributed by atoms with Crippen LogP contribution in [0, 0.1) is 6.92 Å². The van der Waals surface area contributed by atoms with Crippen molar-refractivity contribution in [1.29, 1.82) is 0 Å². The Balaban J connectivity index is 0.00000196. The first-order valence-electron chi connectivity index (χ1n) is 8.36. The number of H-pyrrole nitrogens is 1. The number of aryl methyl sites for hydroxylation is 1. The van der Waals surface area contributed by atoms with Gasteiger partial charge in [-0.15, -0.1) is 0 Å². The molecule has 0 spiro atoms. The molecule has 3 aromatic rings. The van der Waals surface area contributed by atoms with Crippen molar-refractivity contribution in [3.63, 3.8) is 0 Å². The molecule has 0 saturated heterocycles. The van der Waals surface area contributed by atoms with Crippen molar-refractivity contribution in [2.75, 3.05) is 6.79 Å². The predicted molar refractivity (Wildman–Crippen MR) is 100 cm³/mol. The zero-order valence-corrected chi connectivity index (χ0v) is 15.4. The lowest BCUT2D eigenvalue weighted by molar-refractivity contribution is 0.174. The van der Waals surface area contributed by atoms with Crippen molar-refractivity contribution in [3.8, 4) is 34.1 Å². The van der Waals surface area contributed by atoms with Crippen LogP contribution in [0.5, 0.6) is 11.5 Å². The number of ether oxygens (including phenoxy) is 2. The summed E-state index contributed by atoms with van der Waals surface area (Å²) in [6.45, 7) is 8.68. The van der Waals surface area contributed by atoms with E-state index < -0.39 is 0 Å². The SMILES string of the molecule is Cc1cccc(-c2[nH]c(C(C)(C)C)nc2-c2ccc3c(c2)OCO3)n1.O. The van der Waals surface area contributed by atoms with Crippen LogP contribution in [0.3, 0.4) is 0 Å². The zero-order valence-electron chi connectivity index (χ0n) is 15.4. The van der Waals surface area contributed by atoms with Gasteiger partial charge in [0, 0.05) is 16.7 Å². The van der Waals surface area contributed by atoms with E-state index >= 15 is 0 Å². The van der Waals surface area contributed by atoms with Gasteiger partial charge in [0.2, 0.25) is 6.79 Å². The van der Waals surface area contributed by atoms with Crippen LogP contribution in [-0.4, -0.2) is 27.2 Å². The molecule has 0 atom stereocenters. The summed E-state index contributed by atoms with van der Waals surface area (Å²) in [5.41, 5.74) is 4.55. The van der Waals surface area contributed by atoms with E-state index in [2.05, 4.69) is 30.7 Å². The molecule has 0 fully saturated rings. The highest BCUT2D eigenvalue weighted by atomic mass is 16.7. The Morgan fingerprint density at radius 2 is 1.77 bits per heavy atom. The Morgan fingerprint density at radius 3 is 2.50 bits per heavy atom. The van der Waals surface area contributed by atoms with Crippen LogP contribution < -0.4 is 9.47 Å². The van der Waals surface area contributed by atoms with Crippen LogP contribution in [0.1, 0.15) is 32.3 Å². The van der Waals surface area contributed by atoms with E-state index in [0.717, 1.165) is 45.7 Å². The Bertz CT molecular complexity index is 942. The van der Waals surface area contributed by atoms with Crippen LogP contribution in [0.4, 0.5) is 0 Å². The average Bonchev–Trinajstić information content (AvgIpc) is 3.20. The summed E-state index contributed by atoms with van der Waals surface area (Å²) in [7, 11) is 0. The standard InChI is InChI=1S/C20H21N3O2.H2O/c1-12-6-5-7-14(21-12)18-17(22-19(23-18)20(2,3)4)13-8-9-15-16(10-13)25-11-24-15;/h5-10H,11H2,1-4H3,(H,22,23);1H2. The number of pyridine rings is 1. The Labute approximate surface area is 152 Å². The fourth-order valence-electron chi connectivity index (χ4n) is 2.85. The van der Waals surface area contributed by atoms with Crippen molar-refractivity contribution in [1.82, 2.24) is 15.0 Å². The van der Waals surface area contributed by atoms with Gasteiger partial charge in [0.05, 0.1) is 17.1 Å². The molecule has 1 aliphatic heterocycles. The zero-order chi connectivity index (χ0) is 17.6. The maximum Gasteiger partial charge on any atom is 0.231 e. The molecule has 6 heteroatoms. The van der Waals surface area contributed by atoms with Crippen molar-refractivity contribution in [3.05, 3.63) is 47.9 Å². The minimum Gasteiger partial charge on any atom is -0.454 e. The van der Waals surface area contributed by atoms with Crippen LogP contribution in [-0.2, 0) is 5.41 Å². The van der Waals surface area contributed by atoms with E-state index in [1.807, 2.05) is 43.3 Å². The van der Waals surface area contributed by atoms with Gasteiger partial charge < -0.3 is 19.9 Å². The van der Waals surface area contributed by atoms with Gasteiger partial charge in [-0.1, -0.05) is 26.8 Å². The third-order valence-corrected chi connectivity index (χ3v) is 4.20. The number of imidazole rings is 1. The second-order valence-electron chi connectivity index (χ2n) is 7.29. The van der Waals surface area contributed by atoms with Gasteiger partial charge in [-0.3, -0.25) is 4.98 Å². The number of hydrogen-bond acceptors (Lipinski definition) is 4. The molecule has 3 heterocycles. The number of rotatable bonds is 2. The Hall–Kier alpha value is -2.86. The normalized spacial score (nSPS) is 12.8. The molecule has 0 saturated carbocycles. The van der Waals surface area contributed by atoms with Gasteiger partial charge >= 0.3 is 0 Å². The number of nitrogens with one attached hydrogen (secondary N) is 1. The number of fused-ring (bicyclic) bond motifs is 1. The summed E-state index contributed by atoms with van der Waals surface area (Å²) in [6.07, 6.45) is 0. The number of benzene rings is 1. The van der Waals surface area contributed by atoms with E-state index in [-0.39, 0.29) is 17.7 Å². The molecule has 0 radical (unpaired) electrons. The Kier molecular flexibility index (Phi) is 4.46. The molecule has 0 amide bonds. The fraction of sp³-hybridized carbons (Fsp3) is 0.300. The van der Waals surface area contributed by atoms with Gasteiger partial charge in [0.25, 0.3) is 0 Å². The minimum atomic E-state index is -0.0901. The molecule has 1 aliphatic rings. The predicted octanol–water partition coefficient (Wildman–Crippen LogP) is 3.65. The molecule has 0 unspecified atom stereocenters. The summed E-state index contributed by atoms with van der Waals surface area (Å²) in [5, 5.41) is 0. The highest BCUT2D eigenvalue weighted by molar-refractivity contribution is 5.78. The minimum absolute atomic E-state index is 0. The summed E-state index contributed by atoms with van der Waals surface area (Å²) < 4.78 is 10.9. The second-order valence-corrected chi connectivity index (χ2v) is 7.29. The van der Waals surface area contributed by atoms with Crippen molar-refractivity contribution in [2.45, 2.75) is 33.1 Å². The molecule has 0 bridgehead atoms. The first-order chi connectivity index (χ1) is 11.9. The van der Waals surface area contributed by atoms with E-state index in [4.69, 9.17) is 14.5 Å². The van der Waals surface area contributed by atoms with E-state index in [1.165, 1.54) is 0 Å². The van der Waals surface area contributed by atoms with E-state index in [0.29, 0.717) is 0 Å². The molecule has 6 nitrogen and oxygen atoms in total. The second kappa shape index (κ2) is 6.46. The number of aromatic amines is 1. The molecule has 136 valence electrons. The first-order valence-corrected chi connectivity index (χ1v) is 8.36. The lowest BCUT2D eigenvalue weighted by Gasteiger charge is -2.14. The van der Waals surface area contributed by atoms with Crippen LogP contribution >= 0.6 is 0 Å². The maximum absolute atomic E-state index is 5.52. The van der Waals surface area contributed by atoms with Gasteiger partial charge in [-0.25, -0.2) is 4.98 Å². The molecular formula is C20H23N3O3. The van der Waals surface area contributed by atoms with Gasteiger partial charge in [0.1, 0.15) is 5.82 Å². The number of nitrogens with zero attached hydrogens (tertiary/aromatic N) is 2. The number of hydrogen-bond donors (Lipinski definition) is 1. The van der Waals surface area contributed by atoms with Gasteiger partial charge in [0.15, 0.2) is 11.5 Å². The highest BCUT2D eigenvalue weighted by Crippen LogP contribution is 2.39. The molecular weight excluding hydrogens is 330 g/mol. The molecule has 0 aliphatic carbocycles. The highest BCUT2D eigenvalue weighted by Gasteiger charge is 2.24. The third-order valence-electron chi connectivity index (χ3n) is 4.20. The maximum atomic E-state index is 5.52. The van der Waals surface area contributed by atoms with E-state index in [1.54, 1.807) is 0 Å². The molecule has 26 heavy (non-hydrogen) atoms. The average molecular weight is 353 g/mol. The summed E-state index contributed by atoms with van der Waals surface area (Å²) in [6, 6.07) is 11.9. The van der Waals surface area contributed by atoms with E-state index in [9.17, 15) is 0 Å². The quantitative estimate of drug-likeness (QED) is 0.761. The topological polar surface area (TPSA) is 91.5 Å². The van der Waals surface area contributed by atoms with Crippen molar-refractivity contribution >= 4 is 0 Å². The fourth-order valence-corrected chi connectivity index (χ4v) is 2.85. The van der Waals surface area contributed by atoms with Crippen LogP contribution in [0.25, 0.3) is 22.6 Å². The molecule has 4 rings (SSSR count). The third kappa shape index (κ3) is 3.15. The monoisotopic (exact) mass is 353 g/mol. The summed E-state index contributed by atoms with van der Waals surface area (Å²) in [5.74, 6) is 2.45. The smallest absolute Gasteiger partial charge is 0.231 e. The molecule has 3 N–H and O–H groups in total. The lowest BCUT2D eigenvalue weighted by Crippen LogP contribution is -2.13. The largest absolute Gasteiger partial charge is 0.454 e. The summed E-state index contributed by atoms with van der Waals surface area (Å²) in [4.78, 5) is 13.0. The van der Waals surface area contributed by atoms with Crippen molar-refractivity contribution < 1.29 is 14.9 Å². The Morgan fingerprint density at radius 1 is 1.00 bits per heavy atom. The number of aromatic nitrogens is 3. The van der Waals surface area contributed by atoms with Gasteiger partial charge in [-0.05, 0) is 37.3 Å². The van der Waals surface area contributed by atoms with Gasteiger partial charge in [-0.2, -0.15) is 0 Å². The van der Waals surface area contributed by atoms with Crippen LogP contribution in [0.15, 0.2) is 36.4 Å². The molecule has 2 aromatic heterocycles. The lowest BCUT2D eigenvalue weighted by atomic mass is 9.96. The first kappa shape index (κ1) is 17.9. The van der Waals surface area contributed by atoms with Crippen LogP contribution in [0.2, 0.25) is 0 Å².